The van der Waals surface area contributed by atoms with E-state index in [0.29, 0.717) is 18.4 Å². The van der Waals surface area contributed by atoms with E-state index >= 15 is 0 Å². The molecule has 0 aromatic heterocycles. The Bertz CT molecular complexity index is 435. The second-order valence-corrected chi connectivity index (χ2v) is 4.89. The summed E-state index contributed by atoms with van der Waals surface area (Å²) in [5.41, 5.74) is 1.10. The molecule has 0 bridgehead atoms. The molecule has 0 heterocycles. The van der Waals surface area contributed by atoms with E-state index < -0.39 is 4.92 Å². The van der Waals surface area contributed by atoms with Crippen molar-refractivity contribution in [3.8, 4) is 5.75 Å². The predicted molar refractivity (Wildman–Crippen MR) is 80.3 cm³/mol. The molecule has 20 heavy (non-hydrogen) atoms. The highest BCUT2D eigenvalue weighted by Crippen LogP contribution is 2.28. The molecule has 1 atom stereocenters. The average molecular weight is 280 g/mol. The highest BCUT2D eigenvalue weighted by atomic mass is 16.6. The van der Waals surface area contributed by atoms with Crippen molar-refractivity contribution in [3.05, 3.63) is 33.9 Å². The van der Waals surface area contributed by atoms with E-state index in [1.165, 1.54) is 0 Å². The average Bonchev–Trinajstić information content (AvgIpc) is 2.44. The third kappa shape index (κ3) is 4.81. The lowest BCUT2D eigenvalue weighted by Gasteiger charge is -2.16. The molecule has 1 unspecified atom stereocenters. The minimum Gasteiger partial charge on any atom is -0.487 e. The fourth-order valence-corrected chi connectivity index (χ4v) is 2.15. The summed E-state index contributed by atoms with van der Waals surface area (Å²) in [5, 5.41) is 14.3. The van der Waals surface area contributed by atoms with Gasteiger partial charge in [0.05, 0.1) is 11.5 Å². The molecule has 5 nitrogen and oxygen atoms in total. The maximum Gasteiger partial charge on any atom is 0.310 e. The SMILES string of the molecule is CCCOc1cc(CC(CCC)NC)ccc1[N+](=O)[O-]. The van der Waals surface area contributed by atoms with E-state index in [9.17, 15) is 10.1 Å². The number of hydrogen-bond acceptors (Lipinski definition) is 4. The number of likely N-dealkylation sites (N-methyl/N-ethyl adjacent to an activating group) is 1. The van der Waals surface area contributed by atoms with Gasteiger partial charge in [-0.25, -0.2) is 0 Å². The molecule has 1 rings (SSSR count). The normalized spacial score (nSPS) is 12.2. The third-order valence-electron chi connectivity index (χ3n) is 3.21. The van der Waals surface area contributed by atoms with Crippen LogP contribution in [0.2, 0.25) is 0 Å². The maximum atomic E-state index is 11.0. The molecule has 0 fully saturated rings. The van der Waals surface area contributed by atoms with E-state index in [-0.39, 0.29) is 5.69 Å². The zero-order valence-electron chi connectivity index (χ0n) is 12.5. The number of hydrogen-bond donors (Lipinski definition) is 1. The first-order valence-electron chi connectivity index (χ1n) is 7.19. The van der Waals surface area contributed by atoms with Gasteiger partial charge in [-0.3, -0.25) is 10.1 Å². The molecule has 0 radical (unpaired) electrons. The van der Waals surface area contributed by atoms with E-state index in [2.05, 4.69) is 12.2 Å². The number of nitrogens with zero attached hydrogens (tertiary/aromatic N) is 1. The van der Waals surface area contributed by atoms with Crippen LogP contribution in [0.4, 0.5) is 5.69 Å². The standard InChI is InChI=1S/C15H24N2O3/c1-4-6-13(16-3)10-12-7-8-14(17(18)19)15(11-12)20-9-5-2/h7-8,11,13,16H,4-6,9-10H2,1-3H3. The summed E-state index contributed by atoms with van der Waals surface area (Å²) in [6.07, 6.45) is 3.87. The Labute approximate surface area is 120 Å². The summed E-state index contributed by atoms with van der Waals surface area (Å²) >= 11 is 0. The molecule has 0 saturated carbocycles. The molecule has 1 aromatic rings. The van der Waals surface area contributed by atoms with Gasteiger partial charge in [0.15, 0.2) is 5.75 Å². The fraction of sp³-hybridized carbons (Fsp3) is 0.600. The highest BCUT2D eigenvalue weighted by Gasteiger charge is 2.16. The second kappa shape index (κ2) is 8.53. The molecule has 0 aliphatic heterocycles. The lowest BCUT2D eigenvalue weighted by molar-refractivity contribution is -0.385. The molecule has 0 aliphatic rings. The molecule has 112 valence electrons. The maximum absolute atomic E-state index is 11.0. The van der Waals surface area contributed by atoms with E-state index in [0.717, 1.165) is 31.2 Å². The van der Waals surface area contributed by atoms with Gasteiger partial charge in [-0.1, -0.05) is 26.3 Å². The molecular formula is C15H24N2O3. The summed E-state index contributed by atoms with van der Waals surface area (Å²) in [4.78, 5) is 10.6. The van der Waals surface area contributed by atoms with E-state index in [1.54, 1.807) is 12.1 Å². The lowest BCUT2D eigenvalue weighted by atomic mass is 10.0. The smallest absolute Gasteiger partial charge is 0.310 e. The van der Waals surface area contributed by atoms with Gasteiger partial charge in [0.25, 0.3) is 0 Å². The summed E-state index contributed by atoms with van der Waals surface area (Å²) in [6, 6.07) is 5.55. The van der Waals surface area contributed by atoms with Gasteiger partial charge in [-0.2, -0.15) is 0 Å². The Balaban J connectivity index is 2.90. The Hall–Kier alpha value is -1.62. The van der Waals surface area contributed by atoms with E-state index in [1.807, 2.05) is 20.0 Å². The minimum absolute atomic E-state index is 0.0405. The van der Waals surface area contributed by atoms with Crippen LogP contribution in [0.25, 0.3) is 0 Å². The quantitative estimate of drug-likeness (QED) is 0.556. The van der Waals surface area contributed by atoms with Gasteiger partial charge in [0.1, 0.15) is 0 Å². The van der Waals surface area contributed by atoms with Crippen molar-refractivity contribution in [1.82, 2.24) is 5.32 Å². The molecule has 0 spiro atoms. The summed E-state index contributed by atoms with van der Waals surface area (Å²) in [6.45, 7) is 4.62. The molecule has 1 aromatic carbocycles. The van der Waals surface area contributed by atoms with Gasteiger partial charge in [-0.05, 0) is 37.9 Å². The third-order valence-corrected chi connectivity index (χ3v) is 3.21. The Morgan fingerprint density at radius 3 is 2.65 bits per heavy atom. The number of nitro benzene ring substituents is 1. The van der Waals surface area contributed by atoms with Crippen LogP contribution in [0.3, 0.4) is 0 Å². The van der Waals surface area contributed by atoms with Gasteiger partial charge in [0, 0.05) is 12.1 Å². The van der Waals surface area contributed by atoms with E-state index in [4.69, 9.17) is 4.74 Å². The van der Waals surface area contributed by atoms with Crippen LogP contribution in [0, 0.1) is 10.1 Å². The first-order chi connectivity index (χ1) is 9.62. The Morgan fingerprint density at radius 2 is 2.10 bits per heavy atom. The Morgan fingerprint density at radius 1 is 1.35 bits per heavy atom. The van der Waals surface area contributed by atoms with Gasteiger partial charge in [0.2, 0.25) is 0 Å². The molecule has 0 amide bonds. The summed E-state index contributed by atoms with van der Waals surface area (Å²) < 4.78 is 5.50. The highest BCUT2D eigenvalue weighted by molar-refractivity contribution is 5.48. The lowest BCUT2D eigenvalue weighted by Crippen LogP contribution is -2.27. The van der Waals surface area contributed by atoms with Crippen molar-refractivity contribution in [2.45, 2.75) is 45.6 Å². The van der Waals surface area contributed by atoms with Crippen LogP contribution < -0.4 is 10.1 Å². The van der Waals surface area contributed by atoms with Crippen LogP contribution in [-0.2, 0) is 6.42 Å². The van der Waals surface area contributed by atoms with Crippen molar-refractivity contribution in [3.63, 3.8) is 0 Å². The van der Waals surface area contributed by atoms with Crippen molar-refractivity contribution in [1.29, 1.82) is 0 Å². The monoisotopic (exact) mass is 280 g/mol. The van der Waals surface area contributed by atoms with Crippen LogP contribution in [-0.4, -0.2) is 24.6 Å². The molecule has 0 aliphatic carbocycles. The van der Waals surface area contributed by atoms with Crippen molar-refractivity contribution >= 4 is 5.69 Å². The van der Waals surface area contributed by atoms with Gasteiger partial charge in [-0.15, -0.1) is 0 Å². The topological polar surface area (TPSA) is 64.4 Å². The van der Waals surface area contributed by atoms with Crippen LogP contribution in [0.5, 0.6) is 5.75 Å². The number of nitro groups is 1. The molecule has 1 N–H and O–H groups in total. The largest absolute Gasteiger partial charge is 0.487 e. The Kier molecular flexibility index (Phi) is 7.01. The molecule has 0 saturated heterocycles. The number of benzene rings is 1. The first kappa shape index (κ1) is 16.4. The van der Waals surface area contributed by atoms with Crippen LogP contribution in [0.1, 0.15) is 38.7 Å². The zero-order chi connectivity index (χ0) is 15.0. The van der Waals surface area contributed by atoms with Crippen LogP contribution >= 0.6 is 0 Å². The van der Waals surface area contributed by atoms with Crippen molar-refractivity contribution in [2.24, 2.45) is 0 Å². The number of nitrogens with one attached hydrogen (secondary N) is 1. The minimum atomic E-state index is -0.392. The molecular weight excluding hydrogens is 256 g/mol. The van der Waals surface area contributed by atoms with Gasteiger partial charge >= 0.3 is 5.69 Å². The number of rotatable bonds is 9. The zero-order valence-corrected chi connectivity index (χ0v) is 12.5. The van der Waals surface area contributed by atoms with Crippen molar-refractivity contribution < 1.29 is 9.66 Å². The summed E-state index contributed by atoms with van der Waals surface area (Å²) in [5.74, 6) is 0.376. The summed E-state index contributed by atoms with van der Waals surface area (Å²) in [7, 11) is 1.94. The first-order valence-corrected chi connectivity index (χ1v) is 7.19. The predicted octanol–water partition coefficient (Wildman–Crippen LogP) is 3.31. The second-order valence-electron chi connectivity index (χ2n) is 4.89. The van der Waals surface area contributed by atoms with Crippen molar-refractivity contribution in [2.75, 3.05) is 13.7 Å². The van der Waals surface area contributed by atoms with Crippen LogP contribution in [0.15, 0.2) is 18.2 Å². The molecule has 5 heteroatoms. The van der Waals surface area contributed by atoms with Gasteiger partial charge < -0.3 is 10.1 Å². The number of ether oxygens (including phenoxy) is 1. The fourth-order valence-electron chi connectivity index (χ4n) is 2.15.